The van der Waals surface area contributed by atoms with Crippen LogP contribution < -0.4 is 10.2 Å². The molecule has 0 aliphatic heterocycles. The smallest absolute Gasteiger partial charge is 0.311 e. The molecule has 2 aromatic rings. The first-order valence-electron chi connectivity index (χ1n) is 7.57. The summed E-state index contributed by atoms with van der Waals surface area (Å²) in [5.41, 5.74) is 3.82. The number of carbonyl (C=O) groups excluding carboxylic acids is 1. The molecule has 0 fully saturated rings. The van der Waals surface area contributed by atoms with E-state index in [1.807, 2.05) is 36.4 Å². The van der Waals surface area contributed by atoms with Gasteiger partial charge in [0.15, 0.2) is 12.4 Å². The second-order valence-electron chi connectivity index (χ2n) is 5.25. The Bertz CT molecular complexity index is 851. The van der Waals surface area contributed by atoms with Gasteiger partial charge in [-0.05, 0) is 46.1 Å². The summed E-state index contributed by atoms with van der Waals surface area (Å²) < 4.78 is 5.88. The molecule has 0 heterocycles. The number of halogens is 1. The van der Waals surface area contributed by atoms with Gasteiger partial charge in [0.1, 0.15) is 0 Å². The number of nitrogens with one attached hydrogen (secondary N) is 1. The molecule has 8 heteroatoms. The maximum atomic E-state index is 11.7. The number of allylic oxidation sites excluding steroid dienone is 1. The van der Waals surface area contributed by atoms with Gasteiger partial charge in [-0.25, -0.2) is 5.43 Å². The van der Waals surface area contributed by atoms with E-state index in [9.17, 15) is 14.9 Å². The third-order valence-electron chi connectivity index (χ3n) is 3.15. The number of hydrazone groups is 1. The van der Waals surface area contributed by atoms with Crippen LogP contribution in [-0.4, -0.2) is 23.7 Å². The third kappa shape index (κ3) is 6.14. The normalized spacial score (nSPS) is 11.4. The van der Waals surface area contributed by atoms with E-state index in [0.717, 1.165) is 11.1 Å². The lowest BCUT2D eigenvalue weighted by molar-refractivity contribution is -0.385. The highest BCUT2D eigenvalue weighted by Crippen LogP contribution is 2.27. The van der Waals surface area contributed by atoms with Crippen molar-refractivity contribution < 1.29 is 14.5 Å². The van der Waals surface area contributed by atoms with Gasteiger partial charge in [0, 0.05) is 10.5 Å². The van der Waals surface area contributed by atoms with E-state index in [2.05, 4.69) is 26.5 Å². The average Bonchev–Trinajstić information content (AvgIpc) is 2.61. The van der Waals surface area contributed by atoms with Gasteiger partial charge < -0.3 is 4.74 Å². The van der Waals surface area contributed by atoms with E-state index < -0.39 is 10.8 Å². The summed E-state index contributed by atoms with van der Waals surface area (Å²) >= 11 is 3.33. The minimum absolute atomic E-state index is 0.0323. The van der Waals surface area contributed by atoms with Crippen LogP contribution in [0.15, 0.2) is 58.1 Å². The molecule has 7 nitrogen and oxygen atoms in total. The van der Waals surface area contributed by atoms with Crippen molar-refractivity contribution in [2.24, 2.45) is 5.10 Å². The molecular formula is C18H16BrN3O4. The lowest BCUT2D eigenvalue weighted by atomic mass is 10.2. The molecular weight excluding hydrogens is 402 g/mol. The van der Waals surface area contributed by atoms with E-state index in [4.69, 9.17) is 4.74 Å². The molecule has 26 heavy (non-hydrogen) atoms. The van der Waals surface area contributed by atoms with Gasteiger partial charge in [-0.1, -0.05) is 36.4 Å². The number of ether oxygens (including phenoxy) is 1. The summed E-state index contributed by atoms with van der Waals surface area (Å²) in [5.74, 6) is -0.499. The van der Waals surface area contributed by atoms with E-state index in [1.165, 1.54) is 18.3 Å². The number of nitro groups is 1. The van der Waals surface area contributed by atoms with Crippen LogP contribution in [0, 0.1) is 17.0 Å². The van der Waals surface area contributed by atoms with Gasteiger partial charge in [0.2, 0.25) is 0 Å². The fraction of sp³-hybridized carbons (Fsp3) is 0.111. The molecule has 1 N–H and O–H groups in total. The zero-order valence-corrected chi connectivity index (χ0v) is 15.5. The van der Waals surface area contributed by atoms with Gasteiger partial charge in [-0.15, -0.1) is 0 Å². The van der Waals surface area contributed by atoms with Gasteiger partial charge >= 0.3 is 5.69 Å². The standard InChI is InChI=1S/C18H16BrN3O4/c1-13-7-8-17(16(9-13)22(24)25)26-12-18(23)21-20-11-15(19)10-14-5-3-2-4-6-14/h2-11H,12H2,1H3,(H,21,23)/b15-10-,20-11-. The first-order chi connectivity index (χ1) is 12.5. The number of benzene rings is 2. The molecule has 2 aromatic carbocycles. The quantitative estimate of drug-likeness (QED) is 0.420. The maximum Gasteiger partial charge on any atom is 0.311 e. The summed E-state index contributed by atoms with van der Waals surface area (Å²) in [7, 11) is 0. The number of nitrogens with zero attached hydrogens (tertiary/aromatic N) is 2. The van der Waals surface area contributed by atoms with Crippen LogP contribution in [0.4, 0.5) is 5.69 Å². The molecule has 0 saturated heterocycles. The van der Waals surface area contributed by atoms with Crippen molar-refractivity contribution in [3.8, 4) is 5.75 Å². The average molecular weight is 418 g/mol. The Hall–Kier alpha value is -3.00. The van der Waals surface area contributed by atoms with Gasteiger partial charge in [-0.3, -0.25) is 14.9 Å². The fourth-order valence-electron chi connectivity index (χ4n) is 1.98. The van der Waals surface area contributed by atoms with Crippen LogP contribution in [0.25, 0.3) is 6.08 Å². The number of aryl methyl sites for hydroxylation is 1. The summed E-state index contributed by atoms with van der Waals surface area (Å²) in [6.45, 7) is 1.35. The summed E-state index contributed by atoms with van der Waals surface area (Å²) in [6, 6.07) is 14.1. The van der Waals surface area contributed by atoms with E-state index >= 15 is 0 Å². The van der Waals surface area contributed by atoms with E-state index in [0.29, 0.717) is 4.48 Å². The summed E-state index contributed by atoms with van der Waals surface area (Å²) in [5, 5.41) is 14.8. The molecule has 1 amide bonds. The van der Waals surface area contributed by atoms with Crippen LogP contribution in [0.3, 0.4) is 0 Å². The van der Waals surface area contributed by atoms with Crippen LogP contribution >= 0.6 is 15.9 Å². The monoisotopic (exact) mass is 417 g/mol. The molecule has 0 aromatic heterocycles. The second kappa shape index (κ2) is 9.47. The number of carbonyl (C=O) groups is 1. The molecule has 0 atom stereocenters. The van der Waals surface area contributed by atoms with Crippen LogP contribution in [0.1, 0.15) is 11.1 Å². The molecule has 0 bridgehead atoms. The molecule has 0 unspecified atom stereocenters. The number of rotatable bonds is 7. The Morgan fingerprint density at radius 2 is 2.04 bits per heavy atom. The van der Waals surface area contributed by atoms with Crippen molar-refractivity contribution in [3.63, 3.8) is 0 Å². The first kappa shape index (κ1) is 19.3. The van der Waals surface area contributed by atoms with E-state index in [-0.39, 0.29) is 18.0 Å². The van der Waals surface area contributed by atoms with Crippen LogP contribution in [-0.2, 0) is 4.79 Å². The van der Waals surface area contributed by atoms with Crippen molar-refractivity contribution in [2.75, 3.05) is 6.61 Å². The molecule has 134 valence electrons. The Labute approximate surface area is 158 Å². The number of amides is 1. The Kier molecular flexibility index (Phi) is 7.04. The van der Waals surface area contributed by atoms with Crippen molar-refractivity contribution in [1.29, 1.82) is 0 Å². The highest BCUT2D eigenvalue weighted by Gasteiger charge is 2.16. The number of hydrogen-bond acceptors (Lipinski definition) is 5. The predicted octanol–water partition coefficient (Wildman–Crippen LogP) is 3.82. The predicted molar refractivity (Wildman–Crippen MR) is 103 cm³/mol. The van der Waals surface area contributed by atoms with Crippen molar-refractivity contribution >= 4 is 39.8 Å². The summed E-state index contributed by atoms with van der Waals surface area (Å²) in [4.78, 5) is 22.2. The highest BCUT2D eigenvalue weighted by atomic mass is 79.9. The number of nitro benzene ring substituents is 1. The molecule has 0 spiro atoms. The molecule has 0 radical (unpaired) electrons. The van der Waals surface area contributed by atoms with Crippen LogP contribution in [0.2, 0.25) is 0 Å². The molecule has 2 rings (SSSR count). The molecule has 0 aliphatic rings. The Morgan fingerprint density at radius 3 is 2.73 bits per heavy atom. The van der Waals surface area contributed by atoms with Crippen molar-refractivity contribution in [3.05, 3.63) is 74.3 Å². The summed E-state index contributed by atoms with van der Waals surface area (Å²) in [6.07, 6.45) is 3.26. The highest BCUT2D eigenvalue weighted by molar-refractivity contribution is 9.12. The molecule has 0 saturated carbocycles. The van der Waals surface area contributed by atoms with Crippen molar-refractivity contribution in [1.82, 2.24) is 5.43 Å². The maximum absolute atomic E-state index is 11.7. The zero-order valence-electron chi connectivity index (χ0n) is 13.9. The van der Waals surface area contributed by atoms with Crippen LogP contribution in [0.5, 0.6) is 5.75 Å². The van der Waals surface area contributed by atoms with Gasteiger partial charge in [-0.2, -0.15) is 5.10 Å². The zero-order chi connectivity index (χ0) is 18.9. The first-order valence-corrected chi connectivity index (χ1v) is 8.37. The SMILES string of the molecule is Cc1ccc(OCC(=O)N/N=C\C(Br)=C\c2ccccc2)c([N+](=O)[O-])c1. The lowest BCUT2D eigenvalue weighted by Gasteiger charge is -2.06. The fourth-order valence-corrected chi connectivity index (χ4v) is 2.35. The minimum Gasteiger partial charge on any atom is -0.477 e. The lowest BCUT2D eigenvalue weighted by Crippen LogP contribution is -2.24. The Morgan fingerprint density at radius 1 is 1.31 bits per heavy atom. The van der Waals surface area contributed by atoms with Gasteiger partial charge in [0.25, 0.3) is 5.91 Å². The largest absolute Gasteiger partial charge is 0.477 e. The third-order valence-corrected chi connectivity index (χ3v) is 3.58. The van der Waals surface area contributed by atoms with Gasteiger partial charge in [0.05, 0.1) is 11.1 Å². The van der Waals surface area contributed by atoms with E-state index in [1.54, 1.807) is 13.0 Å². The molecule has 0 aliphatic carbocycles. The van der Waals surface area contributed by atoms with Crippen molar-refractivity contribution in [2.45, 2.75) is 6.92 Å². The minimum atomic E-state index is -0.552. The number of hydrogen-bond donors (Lipinski definition) is 1. The second-order valence-corrected chi connectivity index (χ2v) is 6.17. The Balaban J connectivity index is 1.88. The topological polar surface area (TPSA) is 93.8 Å².